The lowest BCUT2D eigenvalue weighted by atomic mass is 9.83. The van der Waals surface area contributed by atoms with Gasteiger partial charge in [-0.25, -0.2) is 14.0 Å². The highest BCUT2D eigenvalue weighted by molar-refractivity contribution is 5.80. The Bertz CT molecular complexity index is 2740. The Labute approximate surface area is 641 Å². The van der Waals surface area contributed by atoms with E-state index >= 15 is 0 Å². The molecule has 0 bridgehead atoms. The molecule has 3 saturated heterocycles. The fraction of sp³-hybridized carbons (Fsp3) is 0.836. The van der Waals surface area contributed by atoms with E-state index in [0.29, 0.717) is 17.1 Å². The normalized spacial score (nSPS) is 22.2. The number of hydrogen-bond donors (Lipinski definition) is 14. The Kier molecular flexibility index (Phi) is 46.7. The molecule has 111 heavy (non-hydrogen) atoms. The van der Waals surface area contributed by atoms with Gasteiger partial charge < -0.3 is 148 Å². The molecule has 0 unspecified atom stereocenters. The summed E-state index contributed by atoms with van der Waals surface area (Å²) in [5, 5.41) is 135. The molecule has 6 rings (SSSR count). The molecule has 3 fully saturated rings. The van der Waals surface area contributed by atoms with E-state index in [-0.39, 0.29) is 280 Å². The Balaban J connectivity index is 0.927. The Morgan fingerprint density at radius 1 is 0.360 bits per heavy atom. The zero-order valence-corrected chi connectivity index (χ0v) is 62.6. The van der Waals surface area contributed by atoms with Crippen molar-refractivity contribution in [2.45, 2.75) is 150 Å². The molecule has 44 nitrogen and oxygen atoms in total. The molecule has 14 N–H and O–H groups in total. The average molecular weight is 1600 g/mol. The van der Waals surface area contributed by atoms with Crippen LogP contribution in [0.15, 0.2) is 18.6 Å². The van der Waals surface area contributed by atoms with Gasteiger partial charge in [0.05, 0.1) is 236 Å². The maximum absolute atomic E-state index is 13.9. The van der Waals surface area contributed by atoms with Crippen LogP contribution in [0.5, 0.6) is 0 Å². The summed E-state index contributed by atoms with van der Waals surface area (Å²) in [7, 11) is 0. The van der Waals surface area contributed by atoms with Gasteiger partial charge >= 0.3 is 5.97 Å². The first-order chi connectivity index (χ1) is 53.9. The molecule has 0 aliphatic carbocycles. The van der Waals surface area contributed by atoms with Gasteiger partial charge in [-0.05, 0) is 19.3 Å². The van der Waals surface area contributed by atoms with Crippen LogP contribution in [0.25, 0.3) is 0 Å². The highest BCUT2D eigenvalue weighted by Gasteiger charge is 2.42. The van der Waals surface area contributed by atoms with Crippen LogP contribution in [0.2, 0.25) is 0 Å². The maximum atomic E-state index is 13.9. The minimum Gasteiger partial charge on any atom is -0.481 e. The van der Waals surface area contributed by atoms with Gasteiger partial charge in [0, 0.05) is 50.9 Å². The van der Waals surface area contributed by atoms with Crippen LogP contribution in [-0.4, -0.2) is 397 Å². The van der Waals surface area contributed by atoms with Crippen LogP contribution in [0, 0.1) is 0 Å². The topological polar surface area (TPSA) is 576 Å². The molecule has 634 valence electrons. The number of aliphatic hydroxyl groups excluding tert-OH is 9. The average Bonchev–Trinajstić information content (AvgIpc) is 1.79. The Morgan fingerprint density at radius 2 is 0.622 bits per heavy atom. The van der Waals surface area contributed by atoms with Gasteiger partial charge in [0.2, 0.25) is 23.6 Å². The lowest BCUT2D eigenvalue weighted by Gasteiger charge is -2.36. The van der Waals surface area contributed by atoms with Gasteiger partial charge in [-0.1, -0.05) is 15.6 Å². The third-order valence-corrected chi connectivity index (χ3v) is 17.7. The van der Waals surface area contributed by atoms with Crippen LogP contribution in [0.4, 0.5) is 0 Å². The van der Waals surface area contributed by atoms with E-state index < -0.39 is 110 Å². The number of nitrogens with zero attached hydrogens (tertiary/aromatic N) is 9. The van der Waals surface area contributed by atoms with E-state index in [1.54, 1.807) is 18.6 Å². The zero-order chi connectivity index (χ0) is 79.7. The van der Waals surface area contributed by atoms with E-state index in [1.807, 2.05) is 0 Å². The fourth-order valence-corrected chi connectivity index (χ4v) is 11.4. The molecule has 4 amide bonds. The van der Waals surface area contributed by atoms with Gasteiger partial charge in [0.1, 0.15) is 90.1 Å². The molecule has 12 atom stereocenters. The molecule has 3 aromatic rings. The molecule has 3 aliphatic rings. The number of carbonyl (C=O) groups is 5. The number of carboxylic acids is 1. The van der Waals surface area contributed by atoms with Gasteiger partial charge in [0.25, 0.3) is 0 Å². The van der Waals surface area contributed by atoms with Crippen LogP contribution in [-0.2, 0) is 120 Å². The third-order valence-electron chi connectivity index (χ3n) is 17.7. The SMILES string of the molecule is O=C(O)CCOCCOCCOCCOCCC(=O)NC(CCC(=O)NCCOCCOCCOCc1cn([C@H]2CO[C@H](CO)[C@H](O)[C@@H]2O)nn1)(CCC(=O)NCCOCCOCCOCc1cn([C@H]2CO[C@H](CO)[C@H](O)[C@@H]2O)nn1)CCC(=O)NCCOCCOCCOCc1cn([C@H]2CO[C@H](CO)[C@H](O)[C@@H]2O)nn1. The van der Waals surface area contributed by atoms with Gasteiger partial charge in [-0.3, -0.25) is 24.0 Å². The van der Waals surface area contributed by atoms with Crippen molar-refractivity contribution in [3.8, 4) is 0 Å². The molecule has 44 heteroatoms. The summed E-state index contributed by atoms with van der Waals surface area (Å²) in [6.07, 6.45) is -6.09. The molecular weight excluding hydrogens is 1480 g/mol. The zero-order valence-electron chi connectivity index (χ0n) is 62.6. The first-order valence-corrected chi connectivity index (χ1v) is 37.3. The minimum absolute atomic E-state index is 0.0155. The summed E-state index contributed by atoms with van der Waals surface area (Å²) in [5.41, 5.74) is 0.140. The van der Waals surface area contributed by atoms with Crippen LogP contribution >= 0.6 is 0 Å². The first-order valence-electron chi connectivity index (χ1n) is 37.3. The summed E-state index contributed by atoms with van der Waals surface area (Å²) in [6.45, 7) is 3.74. The number of rotatable bonds is 64. The Morgan fingerprint density at radius 3 is 0.901 bits per heavy atom. The van der Waals surface area contributed by atoms with Crippen molar-refractivity contribution in [2.75, 3.05) is 211 Å². The molecule has 0 aromatic carbocycles. The number of aliphatic hydroxyl groups is 9. The van der Waals surface area contributed by atoms with E-state index in [4.69, 9.17) is 80.9 Å². The third kappa shape index (κ3) is 36.4. The summed E-state index contributed by atoms with van der Waals surface area (Å²) in [6, 6.07) is -2.12. The monoisotopic (exact) mass is 1600 g/mol. The van der Waals surface area contributed by atoms with Crippen molar-refractivity contribution in [1.29, 1.82) is 0 Å². The van der Waals surface area contributed by atoms with Gasteiger partial charge in [0.15, 0.2) is 0 Å². The smallest absolute Gasteiger partial charge is 0.305 e. The van der Waals surface area contributed by atoms with Crippen molar-refractivity contribution in [3.05, 3.63) is 35.7 Å². The summed E-state index contributed by atoms with van der Waals surface area (Å²) >= 11 is 0. The Hall–Kier alpha value is -6.23. The molecule has 3 aliphatic heterocycles. The standard InChI is InChI=1S/C67H115N13O31/c81-38-53-64(93)61(90)50(44-109-53)78-35-47(72-75-78)41-106-32-29-103-24-19-98-14-9-68-56(84)1-6-67(71-59(87)4-12-96-17-22-101-27-28-102-23-18-97-13-5-60(88)89,7-2-57(85)69-10-15-99-20-25-104-30-33-107-42-48-36-79(76-73-48)51-45-110-54(39-82)65(94)62(51)91)8-3-58(86)70-11-16-100-21-26-105-31-34-108-43-49-37-80(77-74-49)52-46-111-55(40-83)66(95)63(52)92/h35-37,50-55,61-66,81-83,90-95H,1-34,38-46H2,(H,68,84)(H,69,85)(H,70,86)(H,71,87)(H,88,89)/t50-,51-,52-,53+,54+,55+,61+,62+,63+,64-,65-,66-/m0/s1. The second-order valence-corrected chi connectivity index (χ2v) is 25.9. The van der Waals surface area contributed by atoms with Crippen LogP contribution < -0.4 is 21.3 Å². The number of carbonyl (C=O) groups excluding carboxylic acids is 4. The molecule has 0 spiro atoms. The molecule has 0 saturated carbocycles. The van der Waals surface area contributed by atoms with Gasteiger partial charge in [-0.15, -0.1) is 15.3 Å². The van der Waals surface area contributed by atoms with Crippen molar-refractivity contribution < 1.29 is 151 Å². The largest absolute Gasteiger partial charge is 0.481 e. The van der Waals surface area contributed by atoms with E-state index in [0.717, 1.165) is 0 Å². The van der Waals surface area contributed by atoms with Crippen molar-refractivity contribution >= 4 is 29.6 Å². The maximum Gasteiger partial charge on any atom is 0.305 e. The van der Waals surface area contributed by atoms with Crippen LogP contribution in [0.3, 0.4) is 0 Å². The molecular formula is C67H115N13O31. The lowest BCUT2D eigenvalue weighted by Crippen LogP contribution is -2.52. The molecule has 3 aromatic heterocycles. The quantitative estimate of drug-likeness (QED) is 0.0234. The summed E-state index contributed by atoms with van der Waals surface area (Å²) in [5.74, 6) is -2.58. The number of nitrogens with one attached hydrogen (secondary N) is 4. The number of aliphatic carboxylic acids is 1. The summed E-state index contributed by atoms with van der Waals surface area (Å²) in [4.78, 5) is 65.2. The molecule has 6 heterocycles. The van der Waals surface area contributed by atoms with Gasteiger partial charge in [-0.2, -0.15) is 0 Å². The highest BCUT2D eigenvalue weighted by atomic mass is 16.6. The van der Waals surface area contributed by atoms with Crippen molar-refractivity contribution in [3.63, 3.8) is 0 Å². The second kappa shape index (κ2) is 55.3. The number of hydrogen-bond acceptors (Lipinski definition) is 36. The highest BCUT2D eigenvalue weighted by Crippen LogP contribution is 2.29. The number of carboxylic acid groups (broad SMARTS) is 1. The predicted molar refractivity (Wildman–Crippen MR) is 375 cm³/mol. The lowest BCUT2D eigenvalue weighted by molar-refractivity contribution is -0.171. The fourth-order valence-electron chi connectivity index (χ4n) is 11.4. The number of ether oxygens (including phenoxy) is 16. The first kappa shape index (κ1) is 93.6. The number of aromatic nitrogens is 9. The van der Waals surface area contributed by atoms with E-state index in [9.17, 15) is 69.9 Å². The van der Waals surface area contributed by atoms with Crippen LogP contribution in [0.1, 0.15) is 86.6 Å². The van der Waals surface area contributed by atoms with E-state index in [1.165, 1.54) is 14.0 Å². The van der Waals surface area contributed by atoms with Crippen molar-refractivity contribution in [2.24, 2.45) is 0 Å². The second-order valence-electron chi connectivity index (χ2n) is 25.9. The van der Waals surface area contributed by atoms with E-state index in [2.05, 4.69) is 52.2 Å². The summed E-state index contributed by atoms with van der Waals surface area (Å²) < 4.78 is 93.1. The molecule has 0 radical (unpaired) electrons. The minimum atomic E-state index is -1.30. The predicted octanol–water partition coefficient (Wildman–Crippen LogP) is -7.05. The van der Waals surface area contributed by atoms with Crippen molar-refractivity contribution in [1.82, 2.24) is 66.2 Å². The number of amides is 4.